The van der Waals surface area contributed by atoms with Gasteiger partial charge in [-0.3, -0.25) is 0 Å². The van der Waals surface area contributed by atoms with Crippen LogP contribution in [0.5, 0.6) is 5.75 Å². The quantitative estimate of drug-likeness (QED) is 0.478. The highest BCUT2D eigenvalue weighted by Crippen LogP contribution is 2.36. The van der Waals surface area contributed by atoms with Crippen molar-refractivity contribution in [2.45, 2.75) is 10.8 Å². The number of carboxylic acids is 1. The van der Waals surface area contributed by atoms with E-state index in [-0.39, 0.29) is 4.88 Å². The first kappa shape index (κ1) is 14.9. The van der Waals surface area contributed by atoms with Crippen LogP contribution < -0.4 is 4.74 Å². The zero-order valence-electron chi connectivity index (χ0n) is 10.6. The average molecular weight is 312 g/mol. The normalized spacial score (nSPS) is 10.4. The van der Waals surface area contributed by atoms with Crippen molar-refractivity contribution in [1.29, 1.82) is 0 Å². The zero-order chi connectivity index (χ0) is 14.4. The van der Waals surface area contributed by atoms with Gasteiger partial charge in [0.25, 0.3) is 0 Å². The molecule has 106 valence electrons. The van der Waals surface area contributed by atoms with Gasteiger partial charge in [-0.25, -0.2) is 9.68 Å². The molecular formula is C13H12O5S2. The molecule has 20 heavy (non-hydrogen) atoms. The molecular weight excluding hydrogens is 300 g/mol. The first-order valence-corrected chi connectivity index (χ1v) is 7.17. The largest absolute Gasteiger partial charge is 0.487 e. The molecule has 2 rings (SSSR count). The molecule has 0 aliphatic carbocycles. The molecule has 0 saturated heterocycles. The highest BCUT2D eigenvalue weighted by Gasteiger charge is 2.17. The second-order valence-corrected chi connectivity index (χ2v) is 5.71. The number of hydrogen-bond acceptors (Lipinski definition) is 6. The van der Waals surface area contributed by atoms with Gasteiger partial charge >= 0.3 is 5.97 Å². The van der Waals surface area contributed by atoms with Crippen LogP contribution in [0, 0.1) is 0 Å². The summed E-state index contributed by atoms with van der Waals surface area (Å²) in [5.74, 6) is -0.698. The molecule has 0 atom stereocenters. The summed E-state index contributed by atoms with van der Waals surface area (Å²) >= 11 is 2.02. The lowest BCUT2D eigenvalue weighted by molar-refractivity contribution is -0.160. The van der Waals surface area contributed by atoms with E-state index in [1.165, 1.54) is 7.11 Å². The average Bonchev–Trinajstić information content (AvgIpc) is 2.87. The highest BCUT2D eigenvalue weighted by atomic mass is 32.2. The van der Waals surface area contributed by atoms with Crippen molar-refractivity contribution in [3.8, 4) is 5.75 Å². The van der Waals surface area contributed by atoms with Gasteiger partial charge in [0.05, 0.1) is 23.4 Å². The smallest absolute Gasteiger partial charge is 0.349 e. The molecule has 0 spiro atoms. The Morgan fingerprint density at radius 2 is 2.10 bits per heavy atom. The van der Waals surface area contributed by atoms with Gasteiger partial charge in [0.15, 0.2) is 4.88 Å². The number of carboxylic acid groups (broad SMARTS) is 1. The second-order valence-electron chi connectivity index (χ2n) is 3.66. The minimum Gasteiger partial charge on any atom is -0.487 e. The Balaban J connectivity index is 2.09. The number of thiophene rings is 1. The van der Waals surface area contributed by atoms with E-state index in [1.807, 2.05) is 30.3 Å². The van der Waals surface area contributed by atoms with Gasteiger partial charge in [-0.15, -0.1) is 11.3 Å². The lowest BCUT2D eigenvalue weighted by Gasteiger charge is -2.04. The predicted octanol–water partition coefficient (Wildman–Crippen LogP) is 3.61. The zero-order valence-corrected chi connectivity index (χ0v) is 12.2. The third-order valence-corrected chi connectivity index (χ3v) is 4.13. The fourth-order valence-corrected chi connectivity index (χ4v) is 2.89. The Morgan fingerprint density at radius 3 is 2.75 bits per heavy atom. The maximum Gasteiger partial charge on any atom is 0.349 e. The Labute approximate surface area is 124 Å². The summed E-state index contributed by atoms with van der Waals surface area (Å²) < 4.78 is 10.9. The minimum atomic E-state index is -1.03. The molecule has 0 fully saturated rings. The fraction of sp³-hybridized carbons (Fsp3) is 0.154. The molecule has 2 aromatic rings. The number of carbonyl (C=O) groups is 1. The molecule has 0 saturated carbocycles. The van der Waals surface area contributed by atoms with E-state index >= 15 is 0 Å². The monoisotopic (exact) mass is 312 g/mol. The van der Waals surface area contributed by atoms with Gasteiger partial charge in [-0.05, 0) is 5.56 Å². The molecule has 1 aromatic carbocycles. The molecule has 0 radical (unpaired) electrons. The summed E-state index contributed by atoms with van der Waals surface area (Å²) in [6, 6.07) is 11.2. The van der Waals surface area contributed by atoms with Crippen molar-refractivity contribution >= 4 is 29.3 Å². The van der Waals surface area contributed by atoms with Crippen molar-refractivity contribution in [1.82, 2.24) is 0 Å². The van der Waals surface area contributed by atoms with Gasteiger partial charge in [0, 0.05) is 6.07 Å². The van der Waals surface area contributed by atoms with E-state index in [0.717, 1.165) is 28.9 Å². The molecule has 1 N–H and O–H groups in total. The molecule has 5 nitrogen and oxygen atoms in total. The van der Waals surface area contributed by atoms with Crippen LogP contribution in [0.25, 0.3) is 0 Å². The molecule has 0 unspecified atom stereocenters. The SMILES string of the molecule is COOSc1cc(OCc2ccccc2)c(C(=O)O)s1. The molecule has 7 heteroatoms. The molecule has 0 aliphatic rings. The van der Waals surface area contributed by atoms with Crippen LogP contribution in [0.15, 0.2) is 40.6 Å². The van der Waals surface area contributed by atoms with Crippen molar-refractivity contribution in [2.24, 2.45) is 0 Å². The lowest BCUT2D eigenvalue weighted by atomic mass is 10.2. The third-order valence-electron chi connectivity index (χ3n) is 2.29. The van der Waals surface area contributed by atoms with Gasteiger partial charge in [0.2, 0.25) is 0 Å². The number of ether oxygens (including phenoxy) is 1. The summed E-state index contributed by atoms with van der Waals surface area (Å²) in [5.41, 5.74) is 0.970. The number of aromatic carboxylic acids is 1. The molecule has 0 aliphatic heterocycles. The van der Waals surface area contributed by atoms with E-state index in [2.05, 4.69) is 4.89 Å². The number of rotatable bonds is 7. The van der Waals surface area contributed by atoms with Crippen LogP contribution in [0.1, 0.15) is 15.2 Å². The van der Waals surface area contributed by atoms with Crippen molar-refractivity contribution in [3.63, 3.8) is 0 Å². The predicted molar refractivity (Wildman–Crippen MR) is 76.0 cm³/mol. The van der Waals surface area contributed by atoms with Crippen LogP contribution in [-0.2, 0) is 15.8 Å². The summed E-state index contributed by atoms with van der Waals surface area (Å²) in [4.78, 5) is 15.8. The summed E-state index contributed by atoms with van der Waals surface area (Å²) in [7, 11) is 1.38. The van der Waals surface area contributed by atoms with Crippen molar-refractivity contribution in [3.05, 3.63) is 46.8 Å². The van der Waals surface area contributed by atoms with E-state index < -0.39 is 5.97 Å². The molecule has 1 aromatic heterocycles. The van der Waals surface area contributed by atoms with Crippen LogP contribution in [-0.4, -0.2) is 18.2 Å². The molecule has 1 heterocycles. The second kappa shape index (κ2) is 7.30. The maximum absolute atomic E-state index is 11.2. The van der Waals surface area contributed by atoms with Crippen LogP contribution in [0.3, 0.4) is 0 Å². The summed E-state index contributed by atoms with van der Waals surface area (Å²) in [5, 5.41) is 9.15. The van der Waals surface area contributed by atoms with Crippen molar-refractivity contribution < 1.29 is 23.9 Å². The van der Waals surface area contributed by atoms with E-state index in [0.29, 0.717) is 16.6 Å². The fourth-order valence-electron chi connectivity index (χ4n) is 1.45. The van der Waals surface area contributed by atoms with Crippen molar-refractivity contribution in [2.75, 3.05) is 7.11 Å². The lowest BCUT2D eigenvalue weighted by Crippen LogP contribution is -1.99. The number of hydrogen-bond donors (Lipinski definition) is 1. The Bertz CT molecular complexity index is 567. The van der Waals surface area contributed by atoms with E-state index in [4.69, 9.17) is 14.2 Å². The Kier molecular flexibility index (Phi) is 5.42. The number of benzene rings is 1. The molecule has 0 amide bonds. The van der Waals surface area contributed by atoms with Gasteiger partial charge in [-0.1, -0.05) is 30.3 Å². The Morgan fingerprint density at radius 1 is 1.35 bits per heavy atom. The summed E-state index contributed by atoms with van der Waals surface area (Å²) in [6.07, 6.45) is 0. The Hall–Kier alpha value is -1.54. The van der Waals surface area contributed by atoms with E-state index in [9.17, 15) is 4.79 Å². The maximum atomic E-state index is 11.2. The first-order valence-electron chi connectivity index (χ1n) is 5.62. The van der Waals surface area contributed by atoms with Crippen LogP contribution in [0.4, 0.5) is 0 Å². The topological polar surface area (TPSA) is 65.0 Å². The third kappa shape index (κ3) is 3.97. The highest BCUT2D eigenvalue weighted by molar-refractivity contribution is 7.96. The van der Waals surface area contributed by atoms with Crippen LogP contribution in [0.2, 0.25) is 0 Å². The van der Waals surface area contributed by atoms with E-state index in [1.54, 1.807) is 6.07 Å². The van der Waals surface area contributed by atoms with Gasteiger partial charge in [0.1, 0.15) is 12.4 Å². The van der Waals surface area contributed by atoms with Gasteiger partial charge in [-0.2, -0.15) is 4.33 Å². The summed E-state index contributed by atoms with van der Waals surface area (Å²) in [6.45, 7) is 0.313. The van der Waals surface area contributed by atoms with Crippen LogP contribution >= 0.6 is 23.4 Å². The minimum absolute atomic E-state index is 0.142. The first-order chi connectivity index (χ1) is 9.70. The van der Waals surface area contributed by atoms with Gasteiger partial charge < -0.3 is 9.84 Å². The standard InChI is InChI=1S/C13H12O5S2/c1-16-18-20-11-7-10(12(19-11)13(14)15)17-8-9-5-3-2-4-6-9/h2-7H,8H2,1H3,(H,14,15). The molecule has 0 bridgehead atoms.